The minimum absolute atomic E-state index is 0.131. The average Bonchev–Trinajstić information content (AvgIpc) is 3.19. The van der Waals surface area contributed by atoms with Gasteiger partial charge in [0.2, 0.25) is 5.88 Å². The van der Waals surface area contributed by atoms with E-state index in [9.17, 15) is 5.11 Å². The minimum atomic E-state index is 0.131. The summed E-state index contributed by atoms with van der Waals surface area (Å²) in [6.07, 6.45) is 6.30. The molecule has 0 bridgehead atoms. The Bertz CT molecular complexity index is 1290. The van der Waals surface area contributed by atoms with Crippen LogP contribution in [0.5, 0.6) is 17.5 Å². The van der Waals surface area contributed by atoms with Gasteiger partial charge in [0.15, 0.2) is 5.75 Å². The molecule has 0 aliphatic carbocycles. The zero-order valence-electron chi connectivity index (χ0n) is 20.2. The molecule has 0 aromatic carbocycles. The number of aromatic nitrogens is 4. The Morgan fingerprint density at radius 3 is 2.56 bits per heavy atom. The van der Waals surface area contributed by atoms with Gasteiger partial charge in [-0.3, -0.25) is 4.57 Å². The molecule has 4 rings (SSSR count). The Morgan fingerprint density at radius 2 is 1.82 bits per heavy atom. The second-order valence-corrected chi connectivity index (χ2v) is 8.34. The van der Waals surface area contributed by atoms with Crippen LogP contribution in [0.3, 0.4) is 0 Å². The molecule has 9 heteroatoms. The molecule has 4 aromatic rings. The van der Waals surface area contributed by atoms with Crippen LogP contribution in [0.25, 0.3) is 27.8 Å². The molecule has 9 nitrogen and oxygen atoms in total. The molecule has 0 spiro atoms. The predicted octanol–water partition coefficient (Wildman–Crippen LogP) is 3.59. The fourth-order valence-electron chi connectivity index (χ4n) is 3.81. The van der Waals surface area contributed by atoms with Crippen molar-refractivity contribution in [3.63, 3.8) is 0 Å². The number of rotatable bonds is 9. The number of methoxy groups -OCH3 is 2. The highest BCUT2D eigenvalue weighted by Crippen LogP contribution is 2.33. The predicted molar refractivity (Wildman–Crippen MR) is 133 cm³/mol. The lowest BCUT2D eigenvalue weighted by molar-refractivity contribution is 0.343. The molecule has 0 aliphatic rings. The third kappa shape index (κ3) is 4.74. The van der Waals surface area contributed by atoms with Crippen LogP contribution in [0.15, 0.2) is 48.9 Å². The first-order valence-corrected chi connectivity index (χ1v) is 11.0. The fourth-order valence-corrected chi connectivity index (χ4v) is 3.81. The maximum atomic E-state index is 10.9. The normalized spacial score (nSPS) is 11.2. The number of hydrogen-bond donors (Lipinski definition) is 1. The third-order valence-corrected chi connectivity index (χ3v) is 5.67. The highest BCUT2D eigenvalue weighted by atomic mass is 16.5. The summed E-state index contributed by atoms with van der Waals surface area (Å²) in [4.78, 5) is 17.8. The minimum Gasteiger partial charge on any atom is -0.494 e. The quantitative estimate of drug-likeness (QED) is 0.404. The van der Waals surface area contributed by atoms with Gasteiger partial charge in [-0.2, -0.15) is 0 Å². The number of ether oxygens (including phenoxy) is 2. The molecule has 0 saturated heterocycles. The van der Waals surface area contributed by atoms with Crippen LogP contribution < -0.4 is 14.4 Å². The monoisotopic (exact) mass is 462 g/mol. The molecule has 4 aromatic heterocycles. The van der Waals surface area contributed by atoms with Gasteiger partial charge in [0, 0.05) is 43.8 Å². The van der Waals surface area contributed by atoms with Crippen molar-refractivity contribution in [2.24, 2.45) is 0 Å². The van der Waals surface area contributed by atoms with E-state index in [1.165, 1.54) is 0 Å². The Balaban J connectivity index is 1.64. The van der Waals surface area contributed by atoms with Gasteiger partial charge in [-0.1, -0.05) is 0 Å². The lowest BCUT2D eigenvalue weighted by Crippen LogP contribution is -2.24. The standard InChI is InChI=1S/C25H30N6O3/c1-29(2)11-6-12-30(3)23-14-18(9-10-26-23)31-16-21-19(25(31)32)7-8-20(28-21)17-13-22(33-4)24(34-5)27-15-17/h7-10,13-16,32H,6,11-12H2,1-5H3. The molecule has 178 valence electrons. The molecular weight excluding hydrogens is 432 g/mol. The highest BCUT2D eigenvalue weighted by molar-refractivity contribution is 5.87. The zero-order chi connectivity index (χ0) is 24.2. The summed E-state index contributed by atoms with van der Waals surface area (Å²) >= 11 is 0. The topological polar surface area (TPSA) is 88.8 Å². The van der Waals surface area contributed by atoms with Gasteiger partial charge >= 0.3 is 0 Å². The summed E-state index contributed by atoms with van der Waals surface area (Å²) in [6.45, 7) is 1.90. The van der Waals surface area contributed by atoms with E-state index in [2.05, 4.69) is 33.9 Å². The van der Waals surface area contributed by atoms with Crippen molar-refractivity contribution in [3.05, 3.63) is 48.9 Å². The molecule has 0 saturated carbocycles. The van der Waals surface area contributed by atoms with Crippen molar-refractivity contribution < 1.29 is 14.6 Å². The van der Waals surface area contributed by atoms with E-state index >= 15 is 0 Å². The Kier molecular flexibility index (Phi) is 6.83. The molecule has 0 radical (unpaired) electrons. The van der Waals surface area contributed by atoms with Crippen LogP contribution in [0.2, 0.25) is 0 Å². The molecular formula is C25H30N6O3. The van der Waals surface area contributed by atoms with Crippen molar-refractivity contribution in [2.45, 2.75) is 6.42 Å². The van der Waals surface area contributed by atoms with E-state index in [0.29, 0.717) is 28.2 Å². The summed E-state index contributed by atoms with van der Waals surface area (Å²) in [5.74, 6) is 1.92. The zero-order valence-corrected chi connectivity index (χ0v) is 20.2. The van der Waals surface area contributed by atoms with Crippen molar-refractivity contribution >= 4 is 16.7 Å². The van der Waals surface area contributed by atoms with Gasteiger partial charge < -0.3 is 24.4 Å². The second kappa shape index (κ2) is 9.96. The lowest BCUT2D eigenvalue weighted by Gasteiger charge is -2.20. The Morgan fingerprint density at radius 1 is 1.00 bits per heavy atom. The Hall–Kier alpha value is -3.85. The van der Waals surface area contributed by atoms with Gasteiger partial charge in [-0.05, 0) is 51.3 Å². The summed E-state index contributed by atoms with van der Waals surface area (Å²) in [6, 6.07) is 9.38. The summed E-state index contributed by atoms with van der Waals surface area (Å²) in [5, 5.41) is 11.6. The van der Waals surface area contributed by atoms with E-state index in [4.69, 9.17) is 14.5 Å². The smallest absolute Gasteiger partial charge is 0.256 e. The molecule has 0 fully saturated rings. The number of aromatic hydroxyl groups is 1. The highest BCUT2D eigenvalue weighted by Gasteiger charge is 2.15. The van der Waals surface area contributed by atoms with Crippen molar-refractivity contribution in [2.75, 3.05) is 53.4 Å². The molecule has 1 N–H and O–H groups in total. The molecule has 0 amide bonds. The van der Waals surface area contributed by atoms with Crippen LogP contribution in [0.4, 0.5) is 5.82 Å². The third-order valence-electron chi connectivity index (χ3n) is 5.67. The van der Waals surface area contributed by atoms with Crippen LogP contribution in [0.1, 0.15) is 6.42 Å². The average molecular weight is 463 g/mol. The molecule has 4 heterocycles. The van der Waals surface area contributed by atoms with Gasteiger partial charge in [0.25, 0.3) is 5.88 Å². The number of fused-ring (bicyclic) bond motifs is 1. The van der Waals surface area contributed by atoms with E-state index in [-0.39, 0.29) is 5.88 Å². The largest absolute Gasteiger partial charge is 0.494 e. The first-order valence-electron chi connectivity index (χ1n) is 11.0. The summed E-state index contributed by atoms with van der Waals surface area (Å²) in [7, 11) is 9.28. The van der Waals surface area contributed by atoms with E-state index in [1.54, 1.807) is 31.2 Å². The number of pyridine rings is 3. The van der Waals surface area contributed by atoms with E-state index in [1.807, 2.05) is 43.6 Å². The lowest BCUT2D eigenvalue weighted by atomic mass is 10.1. The molecule has 34 heavy (non-hydrogen) atoms. The van der Waals surface area contributed by atoms with E-state index < -0.39 is 0 Å². The summed E-state index contributed by atoms with van der Waals surface area (Å²) < 4.78 is 12.3. The number of nitrogens with zero attached hydrogens (tertiary/aromatic N) is 6. The Labute approximate surface area is 199 Å². The summed E-state index contributed by atoms with van der Waals surface area (Å²) in [5.41, 5.74) is 2.99. The SMILES string of the molecule is COc1cc(-c2ccc3c(O)n(-c4ccnc(N(C)CCCN(C)C)c4)cc3n2)cnc1OC. The van der Waals surface area contributed by atoms with Gasteiger partial charge in [0.05, 0.1) is 36.5 Å². The first kappa shape index (κ1) is 23.3. The maximum absolute atomic E-state index is 10.9. The van der Waals surface area contributed by atoms with E-state index in [0.717, 1.165) is 36.6 Å². The molecule has 0 atom stereocenters. The van der Waals surface area contributed by atoms with Gasteiger partial charge in [-0.25, -0.2) is 15.0 Å². The van der Waals surface area contributed by atoms with Crippen molar-refractivity contribution in [3.8, 4) is 34.5 Å². The second-order valence-electron chi connectivity index (χ2n) is 8.34. The molecule has 0 aliphatic heterocycles. The number of anilines is 1. The fraction of sp³-hybridized carbons (Fsp3) is 0.320. The van der Waals surface area contributed by atoms with Crippen LogP contribution in [-0.4, -0.2) is 78.0 Å². The number of hydrogen-bond acceptors (Lipinski definition) is 8. The first-order chi connectivity index (χ1) is 16.4. The van der Waals surface area contributed by atoms with Gasteiger partial charge in [-0.15, -0.1) is 0 Å². The van der Waals surface area contributed by atoms with Gasteiger partial charge in [0.1, 0.15) is 5.82 Å². The van der Waals surface area contributed by atoms with Crippen molar-refractivity contribution in [1.29, 1.82) is 0 Å². The molecule has 0 unspecified atom stereocenters. The maximum Gasteiger partial charge on any atom is 0.256 e. The van der Waals surface area contributed by atoms with Crippen LogP contribution in [0, 0.1) is 0 Å². The van der Waals surface area contributed by atoms with Crippen molar-refractivity contribution in [1.82, 2.24) is 24.4 Å². The van der Waals surface area contributed by atoms with Crippen LogP contribution >= 0.6 is 0 Å². The van der Waals surface area contributed by atoms with Crippen LogP contribution in [-0.2, 0) is 0 Å².